The lowest BCUT2D eigenvalue weighted by atomic mass is 10.0. The first kappa shape index (κ1) is 27.2. The van der Waals surface area contributed by atoms with Crippen molar-refractivity contribution >= 4 is 39.4 Å². The van der Waals surface area contributed by atoms with Crippen molar-refractivity contribution in [3.05, 3.63) is 94.5 Å². The summed E-state index contributed by atoms with van der Waals surface area (Å²) >= 11 is 6.10. The third-order valence-electron chi connectivity index (χ3n) is 5.17. The number of sulfonamides is 1. The number of hydrogen-bond donors (Lipinski definition) is 1. The van der Waals surface area contributed by atoms with Gasteiger partial charge < -0.3 is 0 Å². The highest BCUT2D eigenvalue weighted by Crippen LogP contribution is 2.37. The Hall–Kier alpha value is -3.37. The molecule has 0 bridgehead atoms. The number of hydrazone groups is 1. The lowest BCUT2D eigenvalue weighted by Gasteiger charge is -2.25. The molecule has 0 fully saturated rings. The first-order chi connectivity index (χ1) is 16.9. The average Bonchev–Trinajstić information content (AvgIpc) is 2.83. The summed E-state index contributed by atoms with van der Waals surface area (Å²) in [7, 11) is -4.46. The minimum Gasteiger partial charge on any atom is -0.271 e. The Morgan fingerprint density at radius 3 is 2.28 bits per heavy atom. The molecule has 0 aliphatic rings. The number of nitrogens with zero attached hydrogens (tertiary/aromatic N) is 2. The van der Waals surface area contributed by atoms with Crippen LogP contribution >= 0.6 is 11.6 Å². The van der Waals surface area contributed by atoms with Crippen LogP contribution in [0.1, 0.15) is 36.5 Å². The largest absolute Gasteiger partial charge is 0.416 e. The molecular formula is C25H23ClF3N3O3S. The van der Waals surface area contributed by atoms with E-state index in [1.54, 1.807) is 18.2 Å². The Kier molecular flexibility index (Phi) is 8.42. The maximum absolute atomic E-state index is 13.3. The standard InChI is InChI=1S/C25H23ClF3N3O3S/c1-17(2)19-10-8-18(9-11-19)15-30-31-24(33)16-32(36(34,35)21-6-4-3-5-7-21)23-14-20(25(27,28)29)12-13-22(23)26/h3-15,17H,16H2,1-2H3,(H,31,33)/b30-15-. The minimum atomic E-state index is -4.75. The molecule has 11 heteroatoms. The summed E-state index contributed by atoms with van der Waals surface area (Å²) in [6.45, 7) is 3.24. The zero-order chi connectivity index (χ0) is 26.5. The van der Waals surface area contributed by atoms with Crippen LogP contribution < -0.4 is 9.73 Å². The van der Waals surface area contributed by atoms with Crippen LogP contribution in [-0.2, 0) is 21.0 Å². The van der Waals surface area contributed by atoms with Crippen molar-refractivity contribution in [3.63, 3.8) is 0 Å². The van der Waals surface area contributed by atoms with E-state index in [0.29, 0.717) is 21.9 Å². The van der Waals surface area contributed by atoms with Crippen molar-refractivity contribution in [2.24, 2.45) is 5.10 Å². The van der Waals surface area contributed by atoms with Crippen LogP contribution in [0.2, 0.25) is 5.02 Å². The molecule has 36 heavy (non-hydrogen) atoms. The van der Waals surface area contributed by atoms with Crippen molar-refractivity contribution in [1.29, 1.82) is 0 Å². The molecule has 0 aromatic heterocycles. The Labute approximate surface area is 212 Å². The molecule has 0 atom stereocenters. The molecule has 1 N–H and O–H groups in total. The van der Waals surface area contributed by atoms with Crippen molar-refractivity contribution < 1.29 is 26.4 Å². The van der Waals surface area contributed by atoms with Crippen LogP contribution in [0.4, 0.5) is 18.9 Å². The highest BCUT2D eigenvalue weighted by molar-refractivity contribution is 7.92. The summed E-state index contributed by atoms with van der Waals surface area (Å²) in [5.74, 6) is -0.533. The zero-order valence-electron chi connectivity index (χ0n) is 19.3. The number of anilines is 1. The summed E-state index contributed by atoms with van der Waals surface area (Å²) in [5.41, 5.74) is 2.43. The van der Waals surface area contributed by atoms with Gasteiger partial charge in [0.05, 0.1) is 27.4 Å². The maximum atomic E-state index is 13.3. The fourth-order valence-electron chi connectivity index (χ4n) is 3.21. The van der Waals surface area contributed by atoms with E-state index in [9.17, 15) is 26.4 Å². The zero-order valence-corrected chi connectivity index (χ0v) is 20.9. The summed E-state index contributed by atoms with van der Waals surface area (Å²) < 4.78 is 67.2. The van der Waals surface area contributed by atoms with Gasteiger partial charge in [0, 0.05) is 0 Å². The van der Waals surface area contributed by atoms with E-state index in [1.807, 2.05) is 12.1 Å². The molecule has 0 heterocycles. The number of amides is 1. The number of benzene rings is 3. The van der Waals surface area contributed by atoms with E-state index >= 15 is 0 Å². The molecule has 6 nitrogen and oxygen atoms in total. The smallest absolute Gasteiger partial charge is 0.271 e. The molecule has 0 radical (unpaired) electrons. The number of halogens is 4. The molecule has 1 amide bonds. The average molecular weight is 538 g/mol. The van der Waals surface area contributed by atoms with Crippen molar-refractivity contribution in [3.8, 4) is 0 Å². The molecule has 0 saturated carbocycles. The summed E-state index contributed by atoms with van der Waals surface area (Å²) in [6.07, 6.45) is -3.38. The van der Waals surface area contributed by atoms with Gasteiger partial charge in [0.15, 0.2) is 0 Å². The van der Waals surface area contributed by atoms with Gasteiger partial charge >= 0.3 is 6.18 Å². The molecule has 0 saturated heterocycles. The predicted octanol–water partition coefficient (Wildman–Crippen LogP) is 5.83. The highest BCUT2D eigenvalue weighted by Gasteiger charge is 2.34. The van der Waals surface area contributed by atoms with E-state index in [4.69, 9.17) is 11.6 Å². The van der Waals surface area contributed by atoms with Gasteiger partial charge in [0.25, 0.3) is 15.9 Å². The van der Waals surface area contributed by atoms with Gasteiger partial charge in [-0.15, -0.1) is 0 Å². The predicted molar refractivity (Wildman–Crippen MR) is 134 cm³/mol. The van der Waals surface area contributed by atoms with Crippen molar-refractivity contribution in [2.75, 3.05) is 10.8 Å². The summed E-state index contributed by atoms with van der Waals surface area (Å²) in [5, 5.41) is 3.56. The Morgan fingerprint density at radius 2 is 1.69 bits per heavy atom. The second-order valence-corrected chi connectivity index (χ2v) is 10.4. The molecule has 0 aliphatic carbocycles. The van der Waals surface area contributed by atoms with Crippen LogP contribution in [0.15, 0.2) is 82.8 Å². The first-order valence-corrected chi connectivity index (χ1v) is 12.6. The molecule has 0 unspecified atom stereocenters. The van der Waals surface area contributed by atoms with Gasteiger partial charge in [-0.2, -0.15) is 18.3 Å². The van der Waals surface area contributed by atoms with Crippen LogP contribution in [0, 0.1) is 0 Å². The lowest BCUT2D eigenvalue weighted by molar-refractivity contribution is -0.137. The fourth-order valence-corrected chi connectivity index (χ4v) is 4.93. The number of carbonyl (C=O) groups excluding carboxylic acids is 1. The monoisotopic (exact) mass is 537 g/mol. The number of alkyl halides is 3. The molecular weight excluding hydrogens is 515 g/mol. The van der Waals surface area contributed by atoms with Crippen LogP contribution in [0.25, 0.3) is 0 Å². The molecule has 3 aromatic carbocycles. The normalized spacial score (nSPS) is 12.2. The molecule has 3 rings (SSSR count). The Balaban J connectivity index is 1.90. The number of nitrogens with one attached hydrogen (secondary N) is 1. The molecule has 0 spiro atoms. The van der Waals surface area contributed by atoms with Gasteiger partial charge in [-0.05, 0) is 47.4 Å². The summed E-state index contributed by atoms with van der Waals surface area (Å²) in [6, 6.07) is 16.7. The van der Waals surface area contributed by atoms with E-state index in [1.165, 1.54) is 30.5 Å². The molecule has 0 aliphatic heterocycles. The van der Waals surface area contributed by atoms with E-state index < -0.39 is 39.9 Å². The van der Waals surface area contributed by atoms with Gasteiger partial charge in [-0.1, -0.05) is 67.9 Å². The maximum Gasteiger partial charge on any atom is 0.416 e. The number of carbonyl (C=O) groups is 1. The number of rotatable bonds is 8. The minimum absolute atomic E-state index is 0.222. The number of hydrogen-bond acceptors (Lipinski definition) is 4. The molecule has 190 valence electrons. The molecule has 3 aromatic rings. The van der Waals surface area contributed by atoms with Gasteiger partial charge in [-0.25, -0.2) is 13.8 Å². The van der Waals surface area contributed by atoms with Gasteiger partial charge in [0.1, 0.15) is 6.54 Å². The van der Waals surface area contributed by atoms with Crippen molar-refractivity contribution in [1.82, 2.24) is 5.43 Å². The Bertz CT molecular complexity index is 1340. The van der Waals surface area contributed by atoms with Crippen LogP contribution in [-0.4, -0.2) is 27.1 Å². The lowest BCUT2D eigenvalue weighted by Crippen LogP contribution is -2.40. The first-order valence-electron chi connectivity index (χ1n) is 10.8. The van der Waals surface area contributed by atoms with E-state index in [0.717, 1.165) is 17.7 Å². The van der Waals surface area contributed by atoms with Crippen LogP contribution in [0.3, 0.4) is 0 Å². The second kappa shape index (κ2) is 11.1. The quantitative estimate of drug-likeness (QED) is 0.290. The highest BCUT2D eigenvalue weighted by atomic mass is 35.5. The van der Waals surface area contributed by atoms with Crippen LogP contribution in [0.5, 0.6) is 0 Å². The fraction of sp³-hybridized carbons (Fsp3) is 0.200. The third kappa shape index (κ3) is 6.64. The Morgan fingerprint density at radius 1 is 1.06 bits per heavy atom. The SMILES string of the molecule is CC(C)c1ccc(/C=N\NC(=O)CN(c2cc(C(F)(F)F)ccc2Cl)S(=O)(=O)c2ccccc2)cc1. The second-order valence-electron chi connectivity index (χ2n) is 8.10. The van der Waals surface area contributed by atoms with Gasteiger partial charge in [-0.3, -0.25) is 9.10 Å². The topological polar surface area (TPSA) is 78.8 Å². The third-order valence-corrected chi connectivity index (χ3v) is 7.26. The van der Waals surface area contributed by atoms with E-state index in [-0.39, 0.29) is 9.92 Å². The van der Waals surface area contributed by atoms with Gasteiger partial charge in [0.2, 0.25) is 0 Å². The van der Waals surface area contributed by atoms with Crippen molar-refractivity contribution in [2.45, 2.75) is 30.8 Å². The van der Waals surface area contributed by atoms with E-state index in [2.05, 4.69) is 24.4 Å². The summed E-state index contributed by atoms with van der Waals surface area (Å²) in [4.78, 5) is 12.4.